The highest BCUT2D eigenvalue weighted by molar-refractivity contribution is 4.71. The summed E-state index contributed by atoms with van der Waals surface area (Å²) in [5.41, 5.74) is 0. The molecule has 0 amide bonds. The highest BCUT2D eigenvalue weighted by Gasteiger charge is 2.15. The van der Waals surface area contributed by atoms with E-state index in [1.807, 2.05) is 13.8 Å². The van der Waals surface area contributed by atoms with Crippen LogP contribution >= 0.6 is 0 Å². The molecule has 2 aliphatic heterocycles. The van der Waals surface area contributed by atoms with Crippen molar-refractivity contribution in [2.45, 2.75) is 33.1 Å². The molecule has 0 saturated carbocycles. The minimum Gasteiger partial charge on any atom is -0.385 e. The van der Waals surface area contributed by atoms with Crippen LogP contribution in [0.2, 0.25) is 0 Å². The van der Waals surface area contributed by atoms with Gasteiger partial charge in [-0.25, -0.2) is 0 Å². The molecule has 2 heterocycles. The highest BCUT2D eigenvalue weighted by atomic mass is 16.5. The fourth-order valence-corrected chi connectivity index (χ4v) is 3.74. The topological polar surface area (TPSA) is 49.9 Å². The number of methoxy groups -OCH3 is 3. The quantitative estimate of drug-likeness (QED) is 0.333. The van der Waals surface area contributed by atoms with Crippen molar-refractivity contribution in [3.63, 3.8) is 0 Å². The predicted molar refractivity (Wildman–Crippen MR) is 138 cm³/mol. The molecule has 0 aliphatic carbocycles. The molecule has 2 saturated heterocycles. The maximum atomic E-state index is 5.43. The van der Waals surface area contributed by atoms with Gasteiger partial charge in [0.25, 0.3) is 0 Å². The van der Waals surface area contributed by atoms with Gasteiger partial charge in [-0.3, -0.25) is 4.90 Å². The number of hydrogen-bond donors (Lipinski definition) is 0. The molecule has 0 atom stereocenters. The number of likely N-dealkylation sites (N-methyl/N-ethyl adjacent to an activating group) is 1. The zero-order chi connectivity index (χ0) is 24.6. The van der Waals surface area contributed by atoms with Crippen LogP contribution in [0, 0.1) is 0 Å². The van der Waals surface area contributed by atoms with Crippen LogP contribution in [-0.2, 0) is 18.9 Å². The minimum atomic E-state index is 0.707. The van der Waals surface area contributed by atoms with Crippen molar-refractivity contribution < 1.29 is 18.9 Å². The molecular formula is C25H56N4O4. The first kappa shape index (κ1) is 32.7. The average Bonchev–Trinajstić information content (AvgIpc) is 2.86. The van der Waals surface area contributed by atoms with Crippen LogP contribution in [0.4, 0.5) is 0 Å². The molecule has 2 aliphatic rings. The van der Waals surface area contributed by atoms with Gasteiger partial charge in [0.15, 0.2) is 0 Å². The van der Waals surface area contributed by atoms with Crippen molar-refractivity contribution in [1.29, 1.82) is 0 Å². The Hall–Kier alpha value is -0.320. The van der Waals surface area contributed by atoms with Crippen molar-refractivity contribution in [1.82, 2.24) is 19.6 Å². The molecule has 8 nitrogen and oxygen atoms in total. The average molecular weight is 477 g/mol. The fourth-order valence-electron chi connectivity index (χ4n) is 3.74. The van der Waals surface area contributed by atoms with E-state index in [1.165, 1.54) is 71.9 Å². The smallest absolute Gasteiger partial charge is 0.0700 e. The number of rotatable bonds is 15. The van der Waals surface area contributed by atoms with E-state index in [9.17, 15) is 0 Å². The van der Waals surface area contributed by atoms with Crippen molar-refractivity contribution in [3.05, 3.63) is 0 Å². The Labute approximate surface area is 205 Å². The summed E-state index contributed by atoms with van der Waals surface area (Å²) in [6, 6.07) is 0. The second-order valence-corrected chi connectivity index (χ2v) is 8.48. The SMILES string of the molecule is CC.COCCCN1CCN(CCOC)CC1.COCCOCCCCN1CCN(C)CC1. The molecule has 0 spiro atoms. The van der Waals surface area contributed by atoms with Crippen LogP contribution in [-0.4, -0.2) is 153 Å². The number of unbranched alkanes of at least 4 members (excludes halogenated alkanes) is 1. The number of ether oxygens (including phenoxy) is 4. The minimum absolute atomic E-state index is 0.707. The molecule has 2 fully saturated rings. The molecule has 0 aromatic rings. The zero-order valence-electron chi connectivity index (χ0n) is 22.9. The van der Waals surface area contributed by atoms with Gasteiger partial charge in [-0.05, 0) is 32.9 Å². The Morgan fingerprint density at radius 2 is 0.970 bits per heavy atom. The molecular weight excluding hydrogens is 420 g/mol. The summed E-state index contributed by atoms with van der Waals surface area (Å²) >= 11 is 0. The molecule has 0 bridgehead atoms. The van der Waals surface area contributed by atoms with Gasteiger partial charge in [-0.1, -0.05) is 13.8 Å². The second-order valence-electron chi connectivity index (χ2n) is 8.48. The van der Waals surface area contributed by atoms with E-state index in [4.69, 9.17) is 18.9 Å². The van der Waals surface area contributed by atoms with Crippen LogP contribution in [0.25, 0.3) is 0 Å². The first-order valence-electron chi connectivity index (χ1n) is 13.1. The lowest BCUT2D eigenvalue weighted by Gasteiger charge is -2.34. The summed E-state index contributed by atoms with van der Waals surface area (Å²) in [5.74, 6) is 0. The van der Waals surface area contributed by atoms with Crippen molar-refractivity contribution in [2.24, 2.45) is 0 Å². The zero-order valence-corrected chi connectivity index (χ0v) is 22.9. The van der Waals surface area contributed by atoms with Crippen LogP contribution in [0.1, 0.15) is 33.1 Å². The summed E-state index contributed by atoms with van der Waals surface area (Å²) < 4.78 is 20.5. The number of piperazine rings is 2. The van der Waals surface area contributed by atoms with Gasteiger partial charge >= 0.3 is 0 Å². The fraction of sp³-hybridized carbons (Fsp3) is 1.00. The van der Waals surface area contributed by atoms with Crippen LogP contribution in [0.15, 0.2) is 0 Å². The Morgan fingerprint density at radius 3 is 1.52 bits per heavy atom. The van der Waals surface area contributed by atoms with Gasteiger partial charge in [-0.2, -0.15) is 0 Å². The largest absolute Gasteiger partial charge is 0.385 e. The van der Waals surface area contributed by atoms with Crippen molar-refractivity contribution >= 4 is 0 Å². The van der Waals surface area contributed by atoms with Gasteiger partial charge in [0.2, 0.25) is 0 Å². The normalized spacial score (nSPS) is 18.4. The molecule has 0 N–H and O–H groups in total. The molecule has 200 valence electrons. The first-order valence-corrected chi connectivity index (χ1v) is 13.1. The maximum Gasteiger partial charge on any atom is 0.0700 e. The Kier molecular flexibility index (Phi) is 24.6. The van der Waals surface area contributed by atoms with E-state index in [1.54, 1.807) is 21.3 Å². The molecule has 0 unspecified atom stereocenters. The summed E-state index contributed by atoms with van der Waals surface area (Å²) in [5, 5.41) is 0. The Morgan fingerprint density at radius 1 is 0.485 bits per heavy atom. The lowest BCUT2D eigenvalue weighted by atomic mass is 10.2. The lowest BCUT2D eigenvalue weighted by molar-refractivity contribution is 0.0666. The van der Waals surface area contributed by atoms with Gasteiger partial charge in [0.1, 0.15) is 0 Å². The molecule has 0 aromatic heterocycles. The standard InChI is InChI=1S/C12H26N2O2.C11H24N2O2.C2H6/c1-13-6-8-14(9-7-13)5-3-4-10-16-12-11-15-2;1-14-10-3-4-12-5-7-13(8-6-12)9-11-15-2;1-2/h3-12H2,1-2H3;3-11H2,1-2H3;1-2H3. The summed E-state index contributed by atoms with van der Waals surface area (Å²) in [6.07, 6.45) is 3.56. The highest BCUT2D eigenvalue weighted by Crippen LogP contribution is 2.03. The van der Waals surface area contributed by atoms with E-state index < -0.39 is 0 Å². The van der Waals surface area contributed by atoms with E-state index >= 15 is 0 Å². The third-order valence-corrected chi connectivity index (χ3v) is 5.94. The lowest BCUT2D eigenvalue weighted by Crippen LogP contribution is -2.47. The predicted octanol–water partition coefficient (Wildman–Crippen LogP) is 1.99. The second kappa shape index (κ2) is 24.8. The summed E-state index contributed by atoms with van der Waals surface area (Å²) in [6.45, 7) is 21.1. The first-order chi connectivity index (χ1) is 16.2. The van der Waals surface area contributed by atoms with Crippen LogP contribution < -0.4 is 0 Å². The third-order valence-electron chi connectivity index (χ3n) is 5.94. The molecule has 0 aromatic carbocycles. The van der Waals surface area contributed by atoms with E-state index in [-0.39, 0.29) is 0 Å². The van der Waals surface area contributed by atoms with Crippen molar-refractivity contribution in [2.75, 3.05) is 133 Å². The van der Waals surface area contributed by atoms with Gasteiger partial charge in [-0.15, -0.1) is 0 Å². The van der Waals surface area contributed by atoms with Crippen LogP contribution in [0.5, 0.6) is 0 Å². The van der Waals surface area contributed by atoms with E-state index in [0.717, 1.165) is 45.8 Å². The molecule has 0 radical (unpaired) electrons. The third kappa shape index (κ3) is 19.7. The number of nitrogens with zero attached hydrogens (tertiary/aromatic N) is 4. The van der Waals surface area contributed by atoms with E-state index in [0.29, 0.717) is 6.61 Å². The Bertz CT molecular complexity index is 377. The van der Waals surface area contributed by atoms with Gasteiger partial charge in [0.05, 0.1) is 19.8 Å². The summed E-state index contributed by atoms with van der Waals surface area (Å²) in [4.78, 5) is 9.93. The molecule has 33 heavy (non-hydrogen) atoms. The molecule has 8 heteroatoms. The summed E-state index contributed by atoms with van der Waals surface area (Å²) in [7, 11) is 7.43. The van der Waals surface area contributed by atoms with Crippen molar-refractivity contribution in [3.8, 4) is 0 Å². The van der Waals surface area contributed by atoms with Gasteiger partial charge in [0, 0.05) is 100.0 Å². The van der Waals surface area contributed by atoms with E-state index in [2.05, 4.69) is 26.6 Å². The molecule has 2 rings (SSSR count). The maximum absolute atomic E-state index is 5.43. The van der Waals surface area contributed by atoms with Gasteiger partial charge < -0.3 is 33.6 Å². The Balaban J connectivity index is 0.000000578. The number of hydrogen-bond acceptors (Lipinski definition) is 8. The van der Waals surface area contributed by atoms with Crippen LogP contribution in [0.3, 0.4) is 0 Å². The monoisotopic (exact) mass is 476 g/mol.